The fourth-order valence-electron chi connectivity index (χ4n) is 1.61. The molecule has 0 aliphatic heterocycles. The largest absolute Gasteiger partial charge is 0.298 e. The van der Waals surface area contributed by atoms with E-state index in [9.17, 15) is 14.9 Å². The zero-order valence-electron chi connectivity index (χ0n) is 10.2. The number of rotatable bonds is 4. The van der Waals surface area contributed by atoms with Crippen molar-refractivity contribution in [2.24, 2.45) is 0 Å². The predicted molar refractivity (Wildman–Crippen MR) is 79.0 cm³/mol. The maximum absolute atomic E-state index is 11.2. The van der Waals surface area contributed by atoms with Gasteiger partial charge in [-0.25, -0.2) is 4.98 Å². The van der Waals surface area contributed by atoms with Crippen LogP contribution in [-0.4, -0.2) is 16.2 Å². The van der Waals surface area contributed by atoms with E-state index in [-0.39, 0.29) is 5.69 Å². The second kappa shape index (κ2) is 6.21. The number of benzene rings is 1. The molecule has 5 nitrogen and oxygen atoms in total. The Morgan fingerprint density at radius 1 is 1.20 bits per heavy atom. The monoisotopic (exact) mass is 332 g/mol. The molecule has 0 N–H and O–H groups in total. The smallest absolute Gasteiger partial charge is 0.269 e. The Labute approximate surface area is 123 Å². The standard InChI is InChI=1S/C14H9BrN2O3/c15-14-3-1-2-13(16-14)11(9-18)8-10-4-6-12(7-5-10)17(19)20/h1-9H/b11-8+. The normalized spacial score (nSPS) is 11.2. The quantitative estimate of drug-likeness (QED) is 0.282. The van der Waals surface area contributed by atoms with Gasteiger partial charge in [0, 0.05) is 17.7 Å². The van der Waals surface area contributed by atoms with Gasteiger partial charge in [-0.3, -0.25) is 14.9 Å². The van der Waals surface area contributed by atoms with Crippen LogP contribution in [0.1, 0.15) is 11.3 Å². The van der Waals surface area contributed by atoms with Crippen LogP contribution in [0.15, 0.2) is 47.1 Å². The minimum Gasteiger partial charge on any atom is -0.298 e. The van der Waals surface area contributed by atoms with Crippen molar-refractivity contribution in [3.8, 4) is 0 Å². The molecule has 0 fully saturated rings. The summed E-state index contributed by atoms with van der Waals surface area (Å²) in [6.07, 6.45) is 2.34. The highest BCUT2D eigenvalue weighted by atomic mass is 79.9. The lowest BCUT2D eigenvalue weighted by Gasteiger charge is -2.01. The molecule has 0 radical (unpaired) electrons. The number of carbonyl (C=O) groups is 1. The first-order valence-corrected chi connectivity index (χ1v) is 6.44. The van der Waals surface area contributed by atoms with Crippen LogP contribution in [0.5, 0.6) is 0 Å². The van der Waals surface area contributed by atoms with Gasteiger partial charge in [0.25, 0.3) is 5.69 Å². The Balaban J connectivity index is 2.36. The predicted octanol–water partition coefficient (Wildman–Crippen LogP) is 3.49. The van der Waals surface area contributed by atoms with Gasteiger partial charge in [0.05, 0.1) is 10.6 Å². The van der Waals surface area contributed by atoms with Gasteiger partial charge in [0.2, 0.25) is 0 Å². The molecule has 20 heavy (non-hydrogen) atoms. The average Bonchev–Trinajstić information content (AvgIpc) is 2.45. The molecule has 0 saturated heterocycles. The van der Waals surface area contributed by atoms with Crippen molar-refractivity contribution in [2.75, 3.05) is 0 Å². The lowest BCUT2D eigenvalue weighted by atomic mass is 10.1. The molecule has 1 aromatic heterocycles. The molecule has 100 valence electrons. The number of nitro benzene ring substituents is 1. The van der Waals surface area contributed by atoms with Crippen LogP contribution in [0.4, 0.5) is 5.69 Å². The molecule has 1 heterocycles. The first-order valence-electron chi connectivity index (χ1n) is 5.64. The number of aromatic nitrogens is 1. The number of nitrogens with zero attached hydrogens (tertiary/aromatic N) is 2. The number of pyridine rings is 1. The fraction of sp³-hybridized carbons (Fsp3) is 0. The van der Waals surface area contributed by atoms with Gasteiger partial charge < -0.3 is 0 Å². The van der Waals surface area contributed by atoms with Crippen LogP contribution in [0.2, 0.25) is 0 Å². The Kier molecular flexibility index (Phi) is 4.37. The number of nitro groups is 1. The van der Waals surface area contributed by atoms with Crippen LogP contribution in [0.25, 0.3) is 11.6 Å². The van der Waals surface area contributed by atoms with Crippen molar-refractivity contribution in [2.45, 2.75) is 0 Å². The second-order valence-electron chi connectivity index (χ2n) is 3.91. The Hall–Kier alpha value is -2.34. The van der Waals surface area contributed by atoms with E-state index in [1.54, 1.807) is 36.4 Å². The molecule has 0 bridgehead atoms. The molecule has 1 aromatic carbocycles. The molecular weight excluding hydrogens is 324 g/mol. The molecule has 0 aliphatic carbocycles. The first-order chi connectivity index (χ1) is 9.60. The van der Waals surface area contributed by atoms with E-state index in [1.165, 1.54) is 12.1 Å². The summed E-state index contributed by atoms with van der Waals surface area (Å²) in [6.45, 7) is 0. The zero-order chi connectivity index (χ0) is 14.5. The van der Waals surface area contributed by atoms with E-state index in [2.05, 4.69) is 20.9 Å². The van der Waals surface area contributed by atoms with Gasteiger partial charge in [-0.05, 0) is 51.8 Å². The van der Waals surface area contributed by atoms with Crippen LogP contribution < -0.4 is 0 Å². The highest BCUT2D eigenvalue weighted by Gasteiger charge is 2.05. The molecule has 0 saturated carbocycles. The Morgan fingerprint density at radius 2 is 1.90 bits per heavy atom. The topological polar surface area (TPSA) is 73.1 Å². The maximum atomic E-state index is 11.2. The van der Waals surface area contributed by atoms with Crippen molar-refractivity contribution in [3.63, 3.8) is 0 Å². The van der Waals surface area contributed by atoms with Crippen molar-refractivity contribution in [1.82, 2.24) is 4.98 Å². The number of allylic oxidation sites excluding steroid dienone is 1. The van der Waals surface area contributed by atoms with Gasteiger partial charge in [-0.15, -0.1) is 0 Å². The lowest BCUT2D eigenvalue weighted by Crippen LogP contribution is -1.91. The number of carbonyl (C=O) groups excluding carboxylic acids is 1. The SMILES string of the molecule is O=C/C(=C\c1ccc([N+](=O)[O-])cc1)c1cccc(Br)n1. The summed E-state index contributed by atoms with van der Waals surface area (Å²) < 4.78 is 0.631. The van der Waals surface area contributed by atoms with Crippen LogP contribution in [0, 0.1) is 10.1 Å². The number of non-ortho nitro benzene ring substituents is 1. The third-order valence-corrected chi connectivity index (χ3v) is 3.01. The molecule has 0 aliphatic rings. The molecular formula is C14H9BrN2O3. The minimum absolute atomic E-state index is 0.00961. The summed E-state index contributed by atoms with van der Waals surface area (Å²) in [5.41, 5.74) is 1.64. The van der Waals surface area contributed by atoms with Gasteiger partial charge in [0.1, 0.15) is 4.60 Å². The van der Waals surface area contributed by atoms with Gasteiger partial charge in [0.15, 0.2) is 6.29 Å². The van der Waals surface area contributed by atoms with Crippen LogP contribution >= 0.6 is 15.9 Å². The van der Waals surface area contributed by atoms with Gasteiger partial charge in [-0.1, -0.05) is 6.07 Å². The molecule has 2 aromatic rings. The Morgan fingerprint density at radius 3 is 2.45 bits per heavy atom. The molecule has 0 unspecified atom stereocenters. The molecule has 0 amide bonds. The number of hydrogen-bond acceptors (Lipinski definition) is 4. The molecule has 0 atom stereocenters. The molecule has 6 heteroatoms. The fourth-order valence-corrected chi connectivity index (χ4v) is 1.95. The van der Waals surface area contributed by atoms with Gasteiger partial charge >= 0.3 is 0 Å². The van der Waals surface area contributed by atoms with Crippen LogP contribution in [-0.2, 0) is 4.79 Å². The number of halogens is 1. The first kappa shape index (κ1) is 14.1. The van der Waals surface area contributed by atoms with E-state index in [0.717, 1.165) is 0 Å². The maximum Gasteiger partial charge on any atom is 0.269 e. The van der Waals surface area contributed by atoms with Crippen molar-refractivity contribution < 1.29 is 9.72 Å². The highest BCUT2D eigenvalue weighted by Crippen LogP contribution is 2.19. The third-order valence-electron chi connectivity index (χ3n) is 2.56. The summed E-state index contributed by atoms with van der Waals surface area (Å²) in [7, 11) is 0. The number of hydrogen-bond donors (Lipinski definition) is 0. The minimum atomic E-state index is -0.468. The zero-order valence-corrected chi connectivity index (χ0v) is 11.8. The van der Waals surface area contributed by atoms with Crippen molar-refractivity contribution in [1.29, 1.82) is 0 Å². The number of aldehydes is 1. The summed E-state index contributed by atoms with van der Waals surface area (Å²) >= 11 is 3.24. The van der Waals surface area contributed by atoms with E-state index in [0.29, 0.717) is 27.7 Å². The highest BCUT2D eigenvalue weighted by molar-refractivity contribution is 9.10. The van der Waals surface area contributed by atoms with Crippen molar-refractivity contribution in [3.05, 3.63) is 68.4 Å². The second-order valence-corrected chi connectivity index (χ2v) is 4.72. The lowest BCUT2D eigenvalue weighted by molar-refractivity contribution is -0.384. The van der Waals surface area contributed by atoms with Gasteiger partial charge in [-0.2, -0.15) is 0 Å². The van der Waals surface area contributed by atoms with E-state index in [1.807, 2.05) is 0 Å². The van der Waals surface area contributed by atoms with Crippen molar-refractivity contribution >= 4 is 39.6 Å². The Bertz CT molecular complexity index is 681. The van der Waals surface area contributed by atoms with E-state index >= 15 is 0 Å². The third kappa shape index (κ3) is 3.36. The summed E-state index contributed by atoms with van der Waals surface area (Å²) in [5.74, 6) is 0. The summed E-state index contributed by atoms with van der Waals surface area (Å²) in [6, 6.07) is 11.2. The molecule has 0 spiro atoms. The van der Waals surface area contributed by atoms with Crippen LogP contribution in [0.3, 0.4) is 0 Å². The van der Waals surface area contributed by atoms with E-state index < -0.39 is 4.92 Å². The summed E-state index contributed by atoms with van der Waals surface area (Å²) in [4.78, 5) is 25.5. The van der Waals surface area contributed by atoms with E-state index in [4.69, 9.17) is 0 Å². The molecule has 2 rings (SSSR count). The summed E-state index contributed by atoms with van der Waals surface area (Å²) in [5, 5.41) is 10.6. The average molecular weight is 333 g/mol.